The van der Waals surface area contributed by atoms with Crippen molar-refractivity contribution < 1.29 is 23.9 Å². The molecule has 0 spiro atoms. The molecular weight excluding hydrogens is 356 g/mol. The Bertz CT molecular complexity index is 701. The van der Waals surface area contributed by atoms with E-state index in [-0.39, 0.29) is 11.2 Å². The second-order valence-electron chi connectivity index (χ2n) is 7.10. The van der Waals surface area contributed by atoms with Crippen molar-refractivity contribution in [2.45, 2.75) is 44.1 Å². The minimum absolute atomic E-state index is 0.111. The molecule has 0 saturated carbocycles. The Kier molecular flexibility index (Phi) is 6.17. The first-order valence-corrected chi connectivity index (χ1v) is 8.79. The second-order valence-corrected chi connectivity index (χ2v) is 7.83. The molecule has 0 radical (unpaired) electrons. The van der Waals surface area contributed by atoms with Crippen LogP contribution < -0.4 is 5.32 Å². The SMILES string of the molecule is COC(=O)c1cccc(NC(=O)C2CC(S)CN2C(=O)OC(C)(C)C)c1. The number of esters is 1. The molecule has 142 valence electrons. The molecule has 26 heavy (non-hydrogen) atoms. The molecule has 1 aliphatic heterocycles. The number of carbonyl (C=O) groups excluding carboxylic acids is 3. The number of rotatable bonds is 3. The fraction of sp³-hybridized carbons (Fsp3) is 0.500. The second kappa shape index (κ2) is 7.99. The summed E-state index contributed by atoms with van der Waals surface area (Å²) in [6.07, 6.45) is -0.122. The molecule has 1 N–H and O–H groups in total. The van der Waals surface area contributed by atoms with Gasteiger partial charge in [0.15, 0.2) is 0 Å². The summed E-state index contributed by atoms with van der Waals surface area (Å²) in [6.45, 7) is 5.64. The van der Waals surface area contributed by atoms with Gasteiger partial charge in [0, 0.05) is 17.5 Å². The predicted octanol–water partition coefficient (Wildman–Crippen LogP) is 2.72. The Labute approximate surface area is 158 Å². The van der Waals surface area contributed by atoms with Crippen molar-refractivity contribution in [3.05, 3.63) is 29.8 Å². The number of methoxy groups -OCH3 is 1. The summed E-state index contributed by atoms with van der Waals surface area (Å²) in [5.74, 6) is -0.845. The Morgan fingerprint density at radius 2 is 1.96 bits per heavy atom. The van der Waals surface area contributed by atoms with Gasteiger partial charge in [-0.2, -0.15) is 12.6 Å². The zero-order chi connectivity index (χ0) is 19.5. The molecule has 1 aliphatic rings. The lowest BCUT2D eigenvalue weighted by Crippen LogP contribution is -2.45. The van der Waals surface area contributed by atoms with E-state index in [9.17, 15) is 14.4 Å². The van der Waals surface area contributed by atoms with Gasteiger partial charge in [0.2, 0.25) is 5.91 Å². The van der Waals surface area contributed by atoms with E-state index in [0.29, 0.717) is 24.2 Å². The smallest absolute Gasteiger partial charge is 0.411 e. The normalized spacial score (nSPS) is 19.8. The molecule has 2 amide bonds. The third kappa shape index (κ3) is 5.14. The van der Waals surface area contributed by atoms with E-state index in [2.05, 4.69) is 22.7 Å². The number of ether oxygens (including phenoxy) is 2. The first kappa shape index (κ1) is 20.1. The van der Waals surface area contributed by atoms with Crippen molar-refractivity contribution >= 4 is 36.3 Å². The predicted molar refractivity (Wildman–Crippen MR) is 101 cm³/mol. The minimum atomic E-state index is -0.686. The van der Waals surface area contributed by atoms with Gasteiger partial charge in [-0.15, -0.1) is 0 Å². The molecule has 0 aliphatic carbocycles. The van der Waals surface area contributed by atoms with E-state index in [1.807, 2.05) is 0 Å². The van der Waals surface area contributed by atoms with E-state index in [1.54, 1.807) is 39.0 Å². The molecule has 2 rings (SSSR count). The van der Waals surface area contributed by atoms with Gasteiger partial charge >= 0.3 is 12.1 Å². The zero-order valence-electron chi connectivity index (χ0n) is 15.3. The fourth-order valence-electron chi connectivity index (χ4n) is 2.65. The lowest BCUT2D eigenvalue weighted by Gasteiger charge is -2.28. The van der Waals surface area contributed by atoms with Gasteiger partial charge in [0.1, 0.15) is 11.6 Å². The lowest BCUT2D eigenvalue weighted by molar-refractivity contribution is -0.120. The first-order valence-electron chi connectivity index (χ1n) is 8.27. The first-order chi connectivity index (χ1) is 12.1. The van der Waals surface area contributed by atoms with Crippen LogP contribution in [-0.4, -0.2) is 53.4 Å². The molecule has 1 aromatic rings. The summed E-state index contributed by atoms with van der Waals surface area (Å²) >= 11 is 4.40. The standard InChI is InChI=1S/C18H24N2O5S/c1-18(2,3)25-17(23)20-10-13(26)9-14(20)15(21)19-12-7-5-6-11(8-12)16(22)24-4/h5-8,13-14,26H,9-10H2,1-4H3,(H,19,21). The van der Waals surface area contributed by atoms with Crippen LogP contribution in [0.4, 0.5) is 10.5 Å². The van der Waals surface area contributed by atoms with Crippen molar-refractivity contribution in [3.63, 3.8) is 0 Å². The van der Waals surface area contributed by atoms with Crippen molar-refractivity contribution in [1.29, 1.82) is 0 Å². The Morgan fingerprint density at radius 3 is 2.58 bits per heavy atom. The van der Waals surface area contributed by atoms with Crippen LogP contribution in [0.1, 0.15) is 37.6 Å². The van der Waals surface area contributed by atoms with Gasteiger partial charge in [-0.3, -0.25) is 9.69 Å². The maximum absolute atomic E-state index is 12.7. The summed E-state index contributed by atoms with van der Waals surface area (Å²) in [6, 6.07) is 5.73. The number of carbonyl (C=O) groups is 3. The van der Waals surface area contributed by atoms with Gasteiger partial charge < -0.3 is 14.8 Å². The van der Waals surface area contributed by atoms with Crippen molar-refractivity contribution in [1.82, 2.24) is 4.90 Å². The number of benzene rings is 1. The molecule has 2 atom stereocenters. The number of hydrogen-bond donors (Lipinski definition) is 2. The number of amides is 2. The molecular formula is C18H24N2O5S. The zero-order valence-corrected chi connectivity index (χ0v) is 16.2. The highest BCUT2D eigenvalue weighted by Gasteiger charge is 2.40. The lowest BCUT2D eigenvalue weighted by atomic mass is 10.1. The van der Waals surface area contributed by atoms with E-state index in [4.69, 9.17) is 4.74 Å². The summed E-state index contributed by atoms with van der Waals surface area (Å²) in [5.41, 5.74) is 0.124. The van der Waals surface area contributed by atoms with Crippen LogP contribution in [-0.2, 0) is 14.3 Å². The fourth-order valence-corrected chi connectivity index (χ4v) is 3.03. The van der Waals surface area contributed by atoms with Crippen LogP contribution in [0, 0.1) is 0 Å². The number of hydrogen-bond acceptors (Lipinski definition) is 6. The third-order valence-corrected chi connectivity index (χ3v) is 4.13. The molecule has 2 unspecified atom stereocenters. The number of nitrogens with one attached hydrogen (secondary N) is 1. The molecule has 0 aromatic heterocycles. The number of thiol groups is 1. The highest BCUT2D eigenvalue weighted by molar-refractivity contribution is 7.81. The van der Waals surface area contributed by atoms with Gasteiger partial charge in [-0.25, -0.2) is 9.59 Å². The molecule has 1 fully saturated rings. The maximum atomic E-state index is 12.7. The van der Waals surface area contributed by atoms with E-state index in [0.717, 1.165) is 0 Å². The molecule has 8 heteroatoms. The van der Waals surface area contributed by atoms with Crippen LogP contribution in [0.5, 0.6) is 0 Å². The third-order valence-electron chi connectivity index (χ3n) is 3.76. The van der Waals surface area contributed by atoms with E-state index >= 15 is 0 Å². The summed E-state index contributed by atoms with van der Waals surface area (Å²) < 4.78 is 10.1. The quantitative estimate of drug-likeness (QED) is 0.622. The minimum Gasteiger partial charge on any atom is -0.465 e. The molecule has 1 saturated heterocycles. The Morgan fingerprint density at radius 1 is 1.27 bits per heavy atom. The van der Waals surface area contributed by atoms with Crippen LogP contribution >= 0.6 is 12.6 Å². The monoisotopic (exact) mass is 380 g/mol. The van der Waals surface area contributed by atoms with Crippen LogP contribution in [0.3, 0.4) is 0 Å². The van der Waals surface area contributed by atoms with Crippen molar-refractivity contribution in [2.75, 3.05) is 19.0 Å². The Balaban J connectivity index is 2.12. The largest absolute Gasteiger partial charge is 0.465 e. The molecule has 7 nitrogen and oxygen atoms in total. The number of anilines is 1. The summed E-state index contributed by atoms with van der Waals surface area (Å²) in [5, 5.41) is 2.63. The van der Waals surface area contributed by atoms with Crippen molar-refractivity contribution in [3.8, 4) is 0 Å². The summed E-state index contributed by atoms with van der Waals surface area (Å²) in [4.78, 5) is 38.1. The van der Waals surface area contributed by atoms with Gasteiger partial charge in [-0.05, 0) is 45.4 Å². The Hall–Kier alpha value is -2.22. The average molecular weight is 380 g/mol. The maximum Gasteiger partial charge on any atom is 0.411 e. The van der Waals surface area contributed by atoms with E-state index in [1.165, 1.54) is 18.1 Å². The highest BCUT2D eigenvalue weighted by atomic mass is 32.1. The summed E-state index contributed by atoms with van der Waals surface area (Å²) in [7, 11) is 1.29. The average Bonchev–Trinajstić information content (AvgIpc) is 2.95. The van der Waals surface area contributed by atoms with Crippen LogP contribution in [0.2, 0.25) is 0 Å². The van der Waals surface area contributed by atoms with Gasteiger partial charge in [0.05, 0.1) is 12.7 Å². The van der Waals surface area contributed by atoms with Crippen LogP contribution in [0.15, 0.2) is 24.3 Å². The van der Waals surface area contributed by atoms with Crippen LogP contribution in [0.25, 0.3) is 0 Å². The topological polar surface area (TPSA) is 84.9 Å². The number of likely N-dealkylation sites (tertiary alicyclic amines) is 1. The molecule has 0 bridgehead atoms. The highest BCUT2D eigenvalue weighted by Crippen LogP contribution is 2.25. The molecule has 1 aromatic carbocycles. The van der Waals surface area contributed by atoms with Gasteiger partial charge in [0.25, 0.3) is 0 Å². The molecule has 1 heterocycles. The van der Waals surface area contributed by atoms with Crippen molar-refractivity contribution in [2.24, 2.45) is 0 Å². The van der Waals surface area contributed by atoms with E-state index < -0.39 is 23.7 Å². The van der Waals surface area contributed by atoms with Gasteiger partial charge in [-0.1, -0.05) is 6.07 Å². The number of nitrogens with zero attached hydrogens (tertiary/aromatic N) is 1.